The van der Waals surface area contributed by atoms with E-state index in [0.29, 0.717) is 34.9 Å². The third kappa shape index (κ3) is 7.26. The average molecular weight is 593 g/mol. The van der Waals surface area contributed by atoms with E-state index >= 15 is 0 Å². The molecule has 2 N–H and O–H groups in total. The van der Waals surface area contributed by atoms with Crippen LogP contribution in [0.3, 0.4) is 0 Å². The third-order valence-electron chi connectivity index (χ3n) is 7.88. The maximum Gasteiger partial charge on any atom is 0.326 e. The van der Waals surface area contributed by atoms with E-state index in [2.05, 4.69) is 5.32 Å². The summed E-state index contributed by atoms with van der Waals surface area (Å²) in [5, 5.41) is 13.1. The van der Waals surface area contributed by atoms with Crippen molar-refractivity contribution in [1.29, 1.82) is 0 Å². The van der Waals surface area contributed by atoms with Gasteiger partial charge in [-0.3, -0.25) is 9.59 Å². The van der Waals surface area contributed by atoms with Crippen LogP contribution < -0.4 is 19.7 Å². The summed E-state index contributed by atoms with van der Waals surface area (Å²) in [6, 6.07) is 29.6. The Morgan fingerprint density at radius 1 is 0.886 bits per heavy atom. The lowest BCUT2D eigenvalue weighted by molar-refractivity contribution is -0.137. The fraction of sp³-hybridized carbons (Fsp3) is 0.250. The highest BCUT2D eigenvalue weighted by Gasteiger charge is 2.31. The van der Waals surface area contributed by atoms with Gasteiger partial charge in [0.1, 0.15) is 24.1 Å². The third-order valence-corrected chi connectivity index (χ3v) is 7.88. The summed E-state index contributed by atoms with van der Waals surface area (Å²) in [7, 11) is 1.59. The summed E-state index contributed by atoms with van der Waals surface area (Å²) >= 11 is 0. The quantitative estimate of drug-likeness (QED) is 0.167. The van der Waals surface area contributed by atoms with Crippen LogP contribution in [-0.4, -0.2) is 49.1 Å². The number of hydrogen-bond acceptors (Lipinski definition) is 6. The van der Waals surface area contributed by atoms with Crippen LogP contribution in [0.4, 0.5) is 11.4 Å². The molecular formula is C36H36N2O6. The van der Waals surface area contributed by atoms with E-state index in [4.69, 9.17) is 9.47 Å². The van der Waals surface area contributed by atoms with Gasteiger partial charge < -0.3 is 24.8 Å². The molecule has 0 saturated heterocycles. The van der Waals surface area contributed by atoms with E-state index < -0.39 is 12.0 Å². The number of carbonyl (C=O) groups is 3. The second-order valence-electron chi connectivity index (χ2n) is 10.8. The molecule has 0 heterocycles. The van der Waals surface area contributed by atoms with E-state index in [1.54, 1.807) is 72.7 Å². The summed E-state index contributed by atoms with van der Waals surface area (Å²) < 4.78 is 11.5. The number of benzene rings is 4. The molecule has 226 valence electrons. The summed E-state index contributed by atoms with van der Waals surface area (Å²) in [5.74, 6) is 0.150. The molecule has 1 aliphatic rings. The molecule has 1 amide bonds. The van der Waals surface area contributed by atoms with Gasteiger partial charge in [-0.15, -0.1) is 0 Å². The van der Waals surface area contributed by atoms with Crippen molar-refractivity contribution in [2.45, 2.75) is 31.7 Å². The van der Waals surface area contributed by atoms with Crippen molar-refractivity contribution < 1.29 is 29.0 Å². The summed E-state index contributed by atoms with van der Waals surface area (Å²) in [6.07, 6.45) is 3.05. The van der Waals surface area contributed by atoms with Crippen LogP contribution in [0, 0.1) is 5.92 Å². The molecule has 0 aromatic heterocycles. The standard InChI is InChI=1S/C36H36N2O6/c1-43-33-17-8-7-16-32(33)38(35(40)27-12-9-13-27)22-23-44-28-20-18-25(19-21-28)24-31(36(41)42)37-30-15-6-5-14-29(30)34(39)26-10-3-2-4-11-26/h2-8,10-11,14-21,27,31,37H,9,12-13,22-24H2,1H3,(H,41,42). The molecule has 8 nitrogen and oxygen atoms in total. The monoisotopic (exact) mass is 592 g/mol. The maximum absolute atomic E-state index is 13.2. The molecule has 4 aromatic carbocycles. The number of nitrogens with one attached hydrogen (secondary N) is 1. The van der Waals surface area contributed by atoms with Gasteiger partial charge in [0.2, 0.25) is 5.91 Å². The van der Waals surface area contributed by atoms with Crippen molar-refractivity contribution >= 4 is 29.0 Å². The van der Waals surface area contributed by atoms with Crippen LogP contribution in [0.15, 0.2) is 103 Å². The number of carbonyl (C=O) groups excluding carboxylic acids is 2. The molecule has 1 unspecified atom stereocenters. The Bertz CT molecular complexity index is 1580. The first-order chi connectivity index (χ1) is 21.4. The second-order valence-corrected chi connectivity index (χ2v) is 10.8. The molecule has 0 spiro atoms. The van der Waals surface area contributed by atoms with Crippen LogP contribution in [0.2, 0.25) is 0 Å². The number of hydrogen-bond donors (Lipinski definition) is 2. The average Bonchev–Trinajstić information content (AvgIpc) is 3.03. The molecule has 1 atom stereocenters. The molecule has 1 aliphatic carbocycles. The van der Waals surface area contributed by atoms with Gasteiger partial charge in [0.05, 0.1) is 19.3 Å². The minimum absolute atomic E-state index is 0.0263. The Morgan fingerprint density at radius 3 is 2.25 bits per heavy atom. The normalized spacial score (nSPS) is 13.3. The van der Waals surface area contributed by atoms with Gasteiger partial charge in [0.15, 0.2) is 5.78 Å². The van der Waals surface area contributed by atoms with Gasteiger partial charge >= 0.3 is 5.97 Å². The molecular weight excluding hydrogens is 556 g/mol. The number of amides is 1. The molecule has 1 saturated carbocycles. The molecule has 44 heavy (non-hydrogen) atoms. The number of carboxylic acids is 1. The predicted molar refractivity (Wildman–Crippen MR) is 170 cm³/mol. The van der Waals surface area contributed by atoms with Crippen molar-refractivity contribution in [1.82, 2.24) is 0 Å². The lowest BCUT2D eigenvalue weighted by atomic mass is 9.84. The Labute approximate surface area is 257 Å². The largest absolute Gasteiger partial charge is 0.495 e. The van der Waals surface area contributed by atoms with Gasteiger partial charge in [-0.1, -0.05) is 73.2 Å². The van der Waals surface area contributed by atoms with Crippen LogP contribution in [0.1, 0.15) is 40.7 Å². The zero-order valence-corrected chi connectivity index (χ0v) is 24.6. The SMILES string of the molecule is COc1ccccc1N(CCOc1ccc(CC(Nc2ccccc2C(=O)c2ccccc2)C(=O)O)cc1)C(=O)C1CCC1. The number of carboxylic acid groups (broad SMARTS) is 1. The van der Waals surface area contributed by atoms with Crippen molar-refractivity contribution in [2.24, 2.45) is 5.92 Å². The van der Waals surface area contributed by atoms with E-state index in [1.165, 1.54) is 0 Å². The molecule has 0 aliphatic heterocycles. The zero-order valence-electron chi connectivity index (χ0n) is 24.6. The zero-order chi connectivity index (χ0) is 30.9. The Balaban J connectivity index is 1.22. The van der Waals surface area contributed by atoms with E-state index in [0.717, 1.165) is 30.5 Å². The summed E-state index contributed by atoms with van der Waals surface area (Å²) in [4.78, 5) is 40.3. The molecule has 0 radical (unpaired) electrons. The number of anilines is 2. The molecule has 5 rings (SSSR count). The number of rotatable bonds is 14. The Hall–Kier alpha value is -5.11. The lowest BCUT2D eigenvalue weighted by Crippen LogP contribution is -2.41. The second kappa shape index (κ2) is 14.4. The van der Waals surface area contributed by atoms with E-state index in [9.17, 15) is 19.5 Å². The fourth-order valence-electron chi connectivity index (χ4n) is 5.23. The first-order valence-corrected chi connectivity index (χ1v) is 14.8. The van der Waals surface area contributed by atoms with Crippen molar-refractivity contribution in [3.63, 3.8) is 0 Å². The van der Waals surface area contributed by atoms with Crippen LogP contribution in [0.5, 0.6) is 11.5 Å². The van der Waals surface area contributed by atoms with Crippen LogP contribution in [-0.2, 0) is 16.0 Å². The highest BCUT2D eigenvalue weighted by Crippen LogP contribution is 2.34. The first kappa shape index (κ1) is 30.4. The van der Waals surface area contributed by atoms with Crippen molar-refractivity contribution in [2.75, 3.05) is 30.5 Å². The van der Waals surface area contributed by atoms with Gasteiger partial charge in [0.25, 0.3) is 0 Å². The lowest BCUT2D eigenvalue weighted by Gasteiger charge is -2.32. The molecule has 0 bridgehead atoms. The predicted octanol–water partition coefficient (Wildman–Crippen LogP) is 6.25. The smallest absolute Gasteiger partial charge is 0.326 e. The number of methoxy groups -OCH3 is 1. The van der Waals surface area contributed by atoms with Crippen LogP contribution in [0.25, 0.3) is 0 Å². The van der Waals surface area contributed by atoms with E-state index in [1.807, 2.05) is 42.5 Å². The van der Waals surface area contributed by atoms with Gasteiger partial charge in [0, 0.05) is 29.2 Å². The highest BCUT2D eigenvalue weighted by molar-refractivity contribution is 6.12. The topological polar surface area (TPSA) is 105 Å². The number of aliphatic carboxylic acids is 1. The molecule has 8 heteroatoms. The Morgan fingerprint density at radius 2 is 1.57 bits per heavy atom. The number of nitrogens with zero attached hydrogens (tertiary/aromatic N) is 1. The minimum Gasteiger partial charge on any atom is -0.495 e. The van der Waals surface area contributed by atoms with Crippen molar-refractivity contribution in [3.8, 4) is 11.5 Å². The van der Waals surface area contributed by atoms with Gasteiger partial charge in [-0.25, -0.2) is 4.79 Å². The maximum atomic E-state index is 13.2. The minimum atomic E-state index is -1.03. The summed E-state index contributed by atoms with van der Waals surface area (Å²) in [5.41, 5.74) is 2.92. The van der Waals surface area contributed by atoms with Gasteiger partial charge in [-0.05, 0) is 54.8 Å². The van der Waals surface area contributed by atoms with Gasteiger partial charge in [-0.2, -0.15) is 0 Å². The first-order valence-electron chi connectivity index (χ1n) is 14.8. The van der Waals surface area contributed by atoms with Crippen LogP contribution >= 0.6 is 0 Å². The van der Waals surface area contributed by atoms with E-state index in [-0.39, 0.29) is 30.6 Å². The molecule has 4 aromatic rings. The number of para-hydroxylation sites is 3. The number of ketones is 1. The summed E-state index contributed by atoms with van der Waals surface area (Å²) in [6.45, 7) is 0.644. The molecule has 1 fully saturated rings. The Kier molecular flexibility index (Phi) is 9.92. The fourth-order valence-corrected chi connectivity index (χ4v) is 5.23. The number of ether oxygens (including phenoxy) is 2. The highest BCUT2D eigenvalue weighted by atomic mass is 16.5. The van der Waals surface area contributed by atoms with Crippen molar-refractivity contribution in [3.05, 3.63) is 120 Å².